The molecule has 0 saturated carbocycles. The van der Waals surface area contributed by atoms with E-state index in [1.54, 1.807) is 11.3 Å². The molecule has 2 aliphatic heterocycles. The number of fused-ring (bicyclic) bond motifs is 1. The third-order valence-electron chi connectivity index (χ3n) is 4.60. The topological polar surface area (TPSA) is 34.0 Å². The Balaban J connectivity index is 1.38. The fraction of sp³-hybridized carbons (Fsp3) is 0.600. The van der Waals surface area contributed by atoms with Crippen molar-refractivity contribution in [3.05, 3.63) is 33.0 Å². The molecule has 4 rings (SSSR count). The Morgan fingerprint density at radius 3 is 2.81 bits per heavy atom. The Bertz CT molecular complexity index is 627. The Morgan fingerprint density at radius 2 is 2.05 bits per heavy atom. The molecule has 0 N–H and O–H groups in total. The normalized spacial score (nSPS) is 20.0. The molecule has 0 bridgehead atoms. The number of aryl methyl sites for hydroxylation is 1. The molecule has 6 heteroatoms. The van der Waals surface area contributed by atoms with E-state index in [-0.39, 0.29) is 0 Å². The summed E-state index contributed by atoms with van der Waals surface area (Å²) in [5.41, 5.74) is 0. The number of piperidine rings is 1. The summed E-state index contributed by atoms with van der Waals surface area (Å²) in [6, 6.07) is 4.14. The maximum Gasteiger partial charge on any atom is 0.136 e. The van der Waals surface area contributed by atoms with Gasteiger partial charge in [0, 0.05) is 30.3 Å². The predicted molar refractivity (Wildman–Crippen MR) is 84.9 cm³/mol. The van der Waals surface area contributed by atoms with E-state index in [1.165, 1.54) is 35.8 Å². The summed E-state index contributed by atoms with van der Waals surface area (Å²) in [7, 11) is 0. The van der Waals surface area contributed by atoms with Gasteiger partial charge in [-0.05, 0) is 44.5 Å². The van der Waals surface area contributed by atoms with Crippen LogP contribution in [0, 0.1) is 0 Å². The number of aromatic nitrogens is 3. The smallest absolute Gasteiger partial charge is 0.136 e. The third-order valence-corrected chi connectivity index (χ3v) is 5.82. The van der Waals surface area contributed by atoms with Crippen molar-refractivity contribution in [1.82, 2.24) is 19.7 Å². The van der Waals surface area contributed by atoms with Crippen LogP contribution in [0.15, 0.2) is 12.1 Å². The maximum absolute atomic E-state index is 6.00. The number of hydrogen-bond donors (Lipinski definition) is 0. The summed E-state index contributed by atoms with van der Waals surface area (Å²) in [5, 5.41) is 8.80. The van der Waals surface area contributed by atoms with Crippen LogP contribution < -0.4 is 0 Å². The minimum atomic E-state index is 0.590. The SMILES string of the molecule is Clc1ccc(CN2CCC(c3nnc4n3CCC4)CC2)s1. The van der Waals surface area contributed by atoms with Crippen molar-refractivity contribution >= 4 is 22.9 Å². The first kappa shape index (κ1) is 13.7. The van der Waals surface area contributed by atoms with Crippen LogP contribution in [0.2, 0.25) is 4.34 Å². The highest BCUT2D eigenvalue weighted by Gasteiger charge is 2.27. The number of rotatable bonds is 3. The quantitative estimate of drug-likeness (QED) is 0.869. The molecular weight excluding hydrogens is 304 g/mol. The van der Waals surface area contributed by atoms with Crippen LogP contribution >= 0.6 is 22.9 Å². The molecule has 0 unspecified atom stereocenters. The number of halogens is 1. The molecule has 21 heavy (non-hydrogen) atoms. The van der Waals surface area contributed by atoms with E-state index in [9.17, 15) is 0 Å². The average molecular weight is 323 g/mol. The van der Waals surface area contributed by atoms with Crippen LogP contribution in [0.3, 0.4) is 0 Å². The molecule has 4 nitrogen and oxygen atoms in total. The zero-order valence-corrected chi connectivity index (χ0v) is 13.5. The molecule has 1 fully saturated rings. The molecule has 0 radical (unpaired) electrons. The highest BCUT2D eigenvalue weighted by atomic mass is 35.5. The van der Waals surface area contributed by atoms with E-state index >= 15 is 0 Å². The number of likely N-dealkylation sites (tertiary alicyclic amines) is 1. The molecule has 4 heterocycles. The van der Waals surface area contributed by atoms with Gasteiger partial charge in [-0.1, -0.05) is 11.6 Å². The standard InChI is InChI=1S/C15H19ClN4S/c16-13-4-3-12(21-13)10-19-8-5-11(6-9-19)15-18-17-14-2-1-7-20(14)15/h3-4,11H,1-2,5-10H2. The van der Waals surface area contributed by atoms with E-state index in [0.29, 0.717) is 5.92 Å². The first-order valence-electron chi connectivity index (χ1n) is 7.68. The summed E-state index contributed by atoms with van der Waals surface area (Å²) in [4.78, 5) is 3.89. The fourth-order valence-electron chi connectivity index (χ4n) is 3.48. The minimum Gasteiger partial charge on any atom is -0.315 e. The van der Waals surface area contributed by atoms with Crippen LogP contribution in [0.25, 0.3) is 0 Å². The van der Waals surface area contributed by atoms with Gasteiger partial charge in [0.05, 0.1) is 4.34 Å². The van der Waals surface area contributed by atoms with Gasteiger partial charge in [-0.15, -0.1) is 21.5 Å². The lowest BCUT2D eigenvalue weighted by Crippen LogP contribution is -2.33. The second kappa shape index (κ2) is 5.71. The van der Waals surface area contributed by atoms with Gasteiger partial charge in [-0.25, -0.2) is 0 Å². The lowest BCUT2D eigenvalue weighted by atomic mass is 9.96. The molecule has 0 amide bonds. The maximum atomic E-state index is 6.00. The van der Waals surface area contributed by atoms with Gasteiger partial charge >= 0.3 is 0 Å². The van der Waals surface area contributed by atoms with E-state index in [0.717, 1.165) is 36.9 Å². The summed E-state index contributed by atoms with van der Waals surface area (Å²) in [6.45, 7) is 4.43. The molecule has 0 aromatic carbocycles. The monoisotopic (exact) mass is 322 g/mol. The molecule has 0 spiro atoms. The van der Waals surface area contributed by atoms with E-state index in [1.807, 2.05) is 6.07 Å². The second-order valence-corrected chi connectivity index (χ2v) is 7.79. The first-order chi connectivity index (χ1) is 10.3. The summed E-state index contributed by atoms with van der Waals surface area (Å²) < 4.78 is 3.25. The van der Waals surface area contributed by atoms with Crippen molar-refractivity contribution in [2.75, 3.05) is 13.1 Å². The van der Waals surface area contributed by atoms with Crippen LogP contribution in [0.1, 0.15) is 41.7 Å². The highest BCUT2D eigenvalue weighted by Crippen LogP contribution is 2.31. The van der Waals surface area contributed by atoms with Crippen molar-refractivity contribution in [1.29, 1.82) is 0 Å². The summed E-state index contributed by atoms with van der Waals surface area (Å²) in [5.74, 6) is 3.02. The molecule has 2 aromatic rings. The molecule has 2 aliphatic rings. The van der Waals surface area contributed by atoms with Crippen LogP contribution in [-0.4, -0.2) is 32.8 Å². The Kier molecular flexibility index (Phi) is 3.73. The van der Waals surface area contributed by atoms with E-state index in [2.05, 4.69) is 25.7 Å². The molecule has 0 aliphatic carbocycles. The molecule has 1 saturated heterocycles. The number of hydrogen-bond acceptors (Lipinski definition) is 4. The number of nitrogens with zero attached hydrogens (tertiary/aromatic N) is 4. The molecule has 112 valence electrons. The zero-order valence-electron chi connectivity index (χ0n) is 12.0. The van der Waals surface area contributed by atoms with Crippen LogP contribution in [-0.2, 0) is 19.5 Å². The summed E-state index contributed by atoms with van der Waals surface area (Å²) >= 11 is 7.70. The molecular formula is C15H19ClN4S. The largest absolute Gasteiger partial charge is 0.315 e. The van der Waals surface area contributed by atoms with Crippen molar-refractivity contribution in [3.8, 4) is 0 Å². The number of thiophene rings is 1. The zero-order chi connectivity index (χ0) is 14.2. The van der Waals surface area contributed by atoms with Crippen molar-refractivity contribution in [2.45, 2.75) is 44.7 Å². The van der Waals surface area contributed by atoms with Crippen LogP contribution in [0.5, 0.6) is 0 Å². The lowest BCUT2D eigenvalue weighted by molar-refractivity contribution is 0.201. The third kappa shape index (κ3) is 2.74. The lowest BCUT2D eigenvalue weighted by Gasteiger charge is -2.31. The Morgan fingerprint density at radius 1 is 1.19 bits per heavy atom. The Hall–Kier alpha value is -0.910. The Labute approximate surface area is 133 Å². The van der Waals surface area contributed by atoms with E-state index in [4.69, 9.17) is 11.6 Å². The summed E-state index contributed by atoms with van der Waals surface area (Å²) in [6.07, 6.45) is 4.72. The van der Waals surface area contributed by atoms with Gasteiger partial charge in [0.2, 0.25) is 0 Å². The minimum absolute atomic E-state index is 0.590. The van der Waals surface area contributed by atoms with Crippen LogP contribution in [0.4, 0.5) is 0 Å². The fourth-order valence-corrected chi connectivity index (χ4v) is 4.61. The second-order valence-electron chi connectivity index (χ2n) is 5.99. The molecule has 0 atom stereocenters. The average Bonchev–Trinajstić information content (AvgIpc) is 3.17. The van der Waals surface area contributed by atoms with E-state index < -0.39 is 0 Å². The van der Waals surface area contributed by atoms with Crippen molar-refractivity contribution in [2.24, 2.45) is 0 Å². The van der Waals surface area contributed by atoms with Gasteiger partial charge in [-0.2, -0.15) is 0 Å². The van der Waals surface area contributed by atoms with Gasteiger partial charge in [0.15, 0.2) is 0 Å². The highest BCUT2D eigenvalue weighted by molar-refractivity contribution is 7.16. The molecule has 2 aromatic heterocycles. The van der Waals surface area contributed by atoms with Gasteiger partial charge < -0.3 is 4.57 Å². The first-order valence-corrected chi connectivity index (χ1v) is 8.87. The predicted octanol–water partition coefficient (Wildman–Crippen LogP) is 3.32. The van der Waals surface area contributed by atoms with Gasteiger partial charge in [-0.3, -0.25) is 4.90 Å². The van der Waals surface area contributed by atoms with Gasteiger partial charge in [0.1, 0.15) is 11.6 Å². The van der Waals surface area contributed by atoms with Crippen molar-refractivity contribution < 1.29 is 0 Å². The van der Waals surface area contributed by atoms with Gasteiger partial charge in [0.25, 0.3) is 0 Å². The van der Waals surface area contributed by atoms with Crippen molar-refractivity contribution in [3.63, 3.8) is 0 Å².